The van der Waals surface area contributed by atoms with Crippen molar-refractivity contribution >= 4 is 17.7 Å². The van der Waals surface area contributed by atoms with Crippen LogP contribution in [0.3, 0.4) is 0 Å². The molecule has 14 heavy (non-hydrogen) atoms. The predicted molar refractivity (Wildman–Crippen MR) is 57.3 cm³/mol. The Hall–Kier alpha value is -0.220. The van der Waals surface area contributed by atoms with Gasteiger partial charge in [-0.2, -0.15) is 11.8 Å². The summed E-state index contributed by atoms with van der Waals surface area (Å²) in [5.74, 6) is 2.61. The summed E-state index contributed by atoms with van der Waals surface area (Å²) in [6.45, 7) is 0.983. The molecular weight excluding hydrogens is 198 g/mol. The van der Waals surface area contributed by atoms with E-state index in [2.05, 4.69) is 0 Å². The number of aliphatic hydroxyl groups excluding tert-OH is 1. The first kappa shape index (κ1) is 10.3. The van der Waals surface area contributed by atoms with Gasteiger partial charge in [0.25, 0.3) is 0 Å². The molecule has 0 aromatic heterocycles. The second-order valence-corrected chi connectivity index (χ2v) is 5.22. The number of hydrogen-bond donors (Lipinski definition) is 1. The van der Waals surface area contributed by atoms with E-state index in [-0.39, 0.29) is 24.5 Å². The SMILES string of the molecule is O=C(C1CCSC1)N1CCC[C@@H]1CO. The van der Waals surface area contributed by atoms with E-state index < -0.39 is 0 Å². The minimum Gasteiger partial charge on any atom is -0.394 e. The highest BCUT2D eigenvalue weighted by atomic mass is 32.2. The van der Waals surface area contributed by atoms with Crippen molar-refractivity contribution in [1.29, 1.82) is 0 Å². The van der Waals surface area contributed by atoms with Gasteiger partial charge >= 0.3 is 0 Å². The zero-order valence-electron chi connectivity index (χ0n) is 8.32. The lowest BCUT2D eigenvalue weighted by atomic mass is 10.1. The first-order chi connectivity index (χ1) is 6.83. The van der Waals surface area contributed by atoms with Crippen molar-refractivity contribution < 1.29 is 9.90 Å². The molecule has 2 saturated heterocycles. The number of hydrogen-bond acceptors (Lipinski definition) is 3. The number of thioether (sulfide) groups is 1. The third kappa shape index (κ3) is 1.91. The van der Waals surface area contributed by atoms with Crippen molar-refractivity contribution in [3.63, 3.8) is 0 Å². The summed E-state index contributed by atoms with van der Waals surface area (Å²) in [5.41, 5.74) is 0. The van der Waals surface area contributed by atoms with Crippen LogP contribution in [0.25, 0.3) is 0 Å². The Balaban J connectivity index is 1.95. The Kier molecular flexibility index (Phi) is 3.34. The fraction of sp³-hybridized carbons (Fsp3) is 0.900. The third-order valence-corrected chi connectivity index (χ3v) is 4.31. The summed E-state index contributed by atoms with van der Waals surface area (Å²) in [6.07, 6.45) is 3.05. The third-order valence-electron chi connectivity index (χ3n) is 3.15. The Morgan fingerprint density at radius 1 is 1.50 bits per heavy atom. The summed E-state index contributed by atoms with van der Waals surface area (Å²) >= 11 is 1.87. The van der Waals surface area contributed by atoms with Crippen molar-refractivity contribution in [2.24, 2.45) is 5.92 Å². The number of nitrogens with zero attached hydrogens (tertiary/aromatic N) is 1. The van der Waals surface area contributed by atoms with Gasteiger partial charge < -0.3 is 10.0 Å². The fourth-order valence-corrected chi connectivity index (χ4v) is 3.49. The molecule has 0 spiro atoms. The maximum absolute atomic E-state index is 12.0. The second kappa shape index (κ2) is 4.53. The molecule has 2 heterocycles. The molecule has 2 aliphatic rings. The largest absolute Gasteiger partial charge is 0.394 e. The van der Waals surface area contributed by atoms with E-state index in [0.717, 1.165) is 37.3 Å². The first-order valence-electron chi connectivity index (χ1n) is 5.32. The molecule has 2 aliphatic heterocycles. The molecule has 0 saturated carbocycles. The van der Waals surface area contributed by atoms with Gasteiger partial charge in [-0.3, -0.25) is 4.79 Å². The molecule has 0 aromatic rings. The van der Waals surface area contributed by atoms with Gasteiger partial charge in [-0.1, -0.05) is 0 Å². The molecular formula is C10H17NO2S. The Bertz CT molecular complexity index is 216. The van der Waals surface area contributed by atoms with Crippen LogP contribution < -0.4 is 0 Å². The second-order valence-electron chi connectivity index (χ2n) is 4.07. The number of aliphatic hydroxyl groups is 1. The van der Waals surface area contributed by atoms with Gasteiger partial charge in [-0.05, 0) is 25.0 Å². The first-order valence-corrected chi connectivity index (χ1v) is 6.47. The normalized spacial score (nSPS) is 32.5. The maximum atomic E-state index is 12.0. The summed E-state index contributed by atoms with van der Waals surface area (Å²) < 4.78 is 0. The van der Waals surface area contributed by atoms with Crippen molar-refractivity contribution in [3.8, 4) is 0 Å². The van der Waals surface area contributed by atoms with Gasteiger partial charge in [0.2, 0.25) is 5.91 Å². The van der Waals surface area contributed by atoms with E-state index in [4.69, 9.17) is 5.11 Å². The van der Waals surface area contributed by atoms with Crippen LogP contribution in [0.1, 0.15) is 19.3 Å². The predicted octanol–water partition coefficient (Wildman–Crippen LogP) is 0.723. The Morgan fingerprint density at radius 3 is 3.00 bits per heavy atom. The molecule has 2 fully saturated rings. The van der Waals surface area contributed by atoms with E-state index >= 15 is 0 Å². The maximum Gasteiger partial charge on any atom is 0.226 e. The van der Waals surface area contributed by atoms with Crippen LogP contribution in [-0.4, -0.2) is 46.6 Å². The topological polar surface area (TPSA) is 40.5 Å². The highest BCUT2D eigenvalue weighted by molar-refractivity contribution is 7.99. The molecule has 1 unspecified atom stereocenters. The summed E-state index contributed by atoms with van der Waals surface area (Å²) in [7, 11) is 0. The summed E-state index contributed by atoms with van der Waals surface area (Å²) in [5, 5.41) is 9.13. The van der Waals surface area contributed by atoms with E-state index in [9.17, 15) is 4.79 Å². The highest BCUT2D eigenvalue weighted by Gasteiger charge is 2.33. The van der Waals surface area contributed by atoms with Crippen LogP contribution in [0, 0.1) is 5.92 Å². The van der Waals surface area contributed by atoms with Gasteiger partial charge in [0, 0.05) is 18.2 Å². The van der Waals surface area contributed by atoms with Crippen molar-refractivity contribution in [1.82, 2.24) is 4.90 Å². The zero-order chi connectivity index (χ0) is 9.97. The minimum atomic E-state index is 0.105. The molecule has 0 aliphatic carbocycles. The number of likely N-dealkylation sites (tertiary alicyclic amines) is 1. The lowest BCUT2D eigenvalue weighted by molar-refractivity contribution is -0.136. The molecule has 80 valence electrons. The van der Waals surface area contributed by atoms with Crippen LogP contribution in [0.15, 0.2) is 0 Å². The van der Waals surface area contributed by atoms with Crippen molar-refractivity contribution in [3.05, 3.63) is 0 Å². The molecule has 1 amide bonds. The number of rotatable bonds is 2. The lowest BCUT2D eigenvalue weighted by Gasteiger charge is -2.25. The summed E-state index contributed by atoms with van der Waals surface area (Å²) in [6, 6.07) is 0.105. The van der Waals surface area contributed by atoms with Gasteiger partial charge in [0.05, 0.1) is 12.6 Å². The summed E-state index contributed by atoms with van der Waals surface area (Å²) in [4.78, 5) is 13.9. The number of carbonyl (C=O) groups is 1. The standard InChI is InChI=1S/C10H17NO2S/c12-6-9-2-1-4-11(9)10(13)8-3-5-14-7-8/h8-9,12H,1-7H2/t8?,9-/m1/s1. The van der Waals surface area contributed by atoms with Gasteiger partial charge in [-0.15, -0.1) is 0 Å². The van der Waals surface area contributed by atoms with E-state index in [1.807, 2.05) is 16.7 Å². The quantitative estimate of drug-likeness (QED) is 0.738. The van der Waals surface area contributed by atoms with Gasteiger partial charge in [0.15, 0.2) is 0 Å². The zero-order valence-corrected chi connectivity index (χ0v) is 9.13. The van der Waals surface area contributed by atoms with Gasteiger partial charge in [-0.25, -0.2) is 0 Å². The number of carbonyl (C=O) groups excluding carboxylic acids is 1. The molecule has 4 heteroatoms. The fourth-order valence-electron chi connectivity index (χ4n) is 2.28. The van der Waals surface area contributed by atoms with Crippen LogP contribution in [0.2, 0.25) is 0 Å². The van der Waals surface area contributed by atoms with E-state index in [1.165, 1.54) is 0 Å². The van der Waals surface area contributed by atoms with Gasteiger partial charge in [0.1, 0.15) is 0 Å². The van der Waals surface area contributed by atoms with Crippen LogP contribution in [0.5, 0.6) is 0 Å². The number of amides is 1. The van der Waals surface area contributed by atoms with E-state index in [1.54, 1.807) is 0 Å². The van der Waals surface area contributed by atoms with E-state index in [0.29, 0.717) is 0 Å². The van der Waals surface area contributed by atoms with Crippen LogP contribution in [0.4, 0.5) is 0 Å². The average molecular weight is 215 g/mol. The van der Waals surface area contributed by atoms with Crippen molar-refractivity contribution in [2.75, 3.05) is 24.7 Å². The Morgan fingerprint density at radius 2 is 2.36 bits per heavy atom. The van der Waals surface area contributed by atoms with Crippen molar-refractivity contribution in [2.45, 2.75) is 25.3 Å². The average Bonchev–Trinajstić information content (AvgIpc) is 2.87. The molecule has 0 bridgehead atoms. The molecule has 0 radical (unpaired) electrons. The van der Waals surface area contributed by atoms with Crippen LogP contribution in [-0.2, 0) is 4.79 Å². The monoisotopic (exact) mass is 215 g/mol. The molecule has 1 N–H and O–H groups in total. The highest BCUT2D eigenvalue weighted by Crippen LogP contribution is 2.28. The molecule has 2 rings (SSSR count). The molecule has 2 atom stereocenters. The molecule has 3 nitrogen and oxygen atoms in total. The van der Waals surface area contributed by atoms with Crippen LogP contribution >= 0.6 is 11.8 Å². The minimum absolute atomic E-state index is 0.105. The lowest BCUT2D eigenvalue weighted by Crippen LogP contribution is -2.41. The molecule has 0 aromatic carbocycles. The smallest absolute Gasteiger partial charge is 0.226 e. The Labute approximate surface area is 88.9 Å².